The first-order valence-electron chi connectivity index (χ1n) is 12.9. The third-order valence-electron chi connectivity index (χ3n) is 9.58. The number of halogens is 9. The Kier molecular flexibility index (Phi) is 7.62. The van der Waals surface area contributed by atoms with Crippen LogP contribution in [0.15, 0.2) is 23.5 Å². The molecule has 0 aliphatic heterocycles. The number of hydrogen-bond acceptors (Lipinski definition) is 4. The molecule has 15 heteroatoms. The van der Waals surface area contributed by atoms with E-state index >= 15 is 0 Å². The van der Waals surface area contributed by atoms with Crippen molar-refractivity contribution in [3.05, 3.63) is 23.5 Å². The summed E-state index contributed by atoms with van der Waals surface area (Å²) in [6, 6.07) is 0. The molecule has 0 unspecified atom stereocenters. The summed E-state index contributed by atoms with van der Waals surface area (Å²) in [6.45, 7) is -0.284. The average Bonchev–Trinajstić information content (AvgIpc) is 3.12. The largest absolute Gasteiger partial charge is 0.534 e. The van der Waals surface area contributed by atoms with E-state index in [0.717, 1.165) is 0 Å². The van der Waals surface area contributed by atoms with Crippen LogP contribution in [0.5, 0.6) is 0 Å². The van der Waals surface area contributed by atoms with Crippen molar-refractivity contribution in [3.8, 4) is 0 Å². The standard InChI is InChI=1S/C25H30F9NO4S/c1-21-9-7-15(39-40(37,38)25(32,33)34)11-14(21)3-4-16-17-5-6-19(22(17,2)10-8-18(16)21)20(36)35(12-23(26,27)28)13-24(29,30)31/h3,11,16-19H,4-10,12-13H2,1-2H3/t16-,17-,18-,19+,21-,22-/m0/s1. The van der Waals surface area contributed by atoms with Crippen molar-refractivity contribution in [2.75, 3.05) is 13.1 Å². The van der Waals surface area contributed by atoms with Crippen LogP contribution >= 0.6 is 0 Å². The molecule has 2 saturated carbocycles. The summed E-state index contributed by atoms with van der Waals surface area (Å²) in [7, 11) is -5.81. The SMILES string of the molecule is C[C@]12CC[C@H]3[C@@H](CC=C4C=C(OS(=O)(=O)C(F)(F)F)CC[C@@]43C)[C@@H]1CC[C@@H]2C(=O)N(CC(F)(F)F)CC(F)(F)F. The maximum Gasteiger partial charge on any atom is 0.534 e. The van der Waals surface area contributed by atoms with Crippen LogP contribution in [0.1, 0.15) is 58.8 Å². The van der Waals surface area contributed by atoms with E-state index in [4.69, 9.17) is 0 Å². The lowest BCUT2D eigenvalue weighted by Crippen LogP contribution is -2.53. The molecule has 0 spiro atoms. The van der Waals surface area contributed by atoms with E-state index < -0.39 is 63.7 Å². The van der Waals surface area contributed by atoms with Crippen LogP contribution in [-0.2, 0) is 19.1 Å². The summed E-state index contributed by atoms with van der Waals surface area (Å²) in [4.78, 5) is 13.1. The smallest absolute Gasteiger partial charge is 0.381 e. The maximum absolute atomic E-state index is 13.2. The van der Waals surface area contributed by atoms with E-state index in [9.17, 15) is 52.7 Å². The molecule has 0 N–H and O–H groups in total. The number of carbonyl (C=O) groups excluding carboxylic acids is 1. The highest BCUT2D eigenvalue weighted by atomic mass is 32.2. The Morgan fingerprint density at radius 2 is 1.55 bits per heavy atom. The topological polar surface area (TPSA) is 63.7 Å². The van der Waals surface area contributed by atoms with Gasteiger partial charge in [0.2, 0.25) is 5.91 Å². The molecule has 0 bridgehead atoms. The van der Waals surface area contributed by atoms with Crippen LogP contribution in [0.25, 0.3) is 0 Å². The molecule has 6 atom stereocenters. The Bertz CT molecular complexity index is 1170. The van der Waals surface area contributed by atoms with Crippen molar-refractivity contribution >= 4 is 16.0 Å². The molecule has 0 heterocycles. The number of nitrogens with zero attached hydrogens (tertiary/aromatic N) is 1. The summed E-state index contributed by atoms with van der Waals surface area (Å²) >= 11 is 0. The minimum Gasteiger partial charge on any atom is -0.381 e. The Morgan fingerprint density at radius 1 is 0.950 bits per heavy atom. The van der Waals surface area contributed by atoms with Crippen molar-refractivity contribution in [2.24, 2.45) is 34.5 Å². The number of alkyl halides is 9. The Hall–Kier alpha value is -1.93. The van der Waals surface area contributed by atoms with Crippen molar-refractivity contribution in [2.45, 2.75) is 76.7 Å². The van der Waals surface area contributed by atoms with Crippen LogP contribution < -0.4 is 0 Å². The summed E-state index contributed by atoms with van der Waals surface area (Å²) in [5.74, 6) is -2.68. The van der Waals surface area contributed by atoms with Gasteiger partial charge in [-0.1, -0.05) is 19.9 Å². The van der Waals surface area contributed by atoms with Gasteiger partial charge in [-0.15, -0.1) is 0 Å². The highest BCUT2D eigenvalue weighted by molar-refractivity contribution is 7.87. The van der Waals surface area contributed by atoms with E-state index in [1.807, 2.05) is 6.92 Å². The quantitative estimate of drug-likeness (QED) is 0.193. The second kappa shape index (κ2) is 9.82. The molecular weight excluding hydrogens is 581 g/mol. The van der Waals surface area contributed by atoms with Gasteiger partial charge in [0.25, 0.3) is 0 Å². The molecule has 0 aromatic heterocycles. The highest BCUT2D eigenvalue weighted by Crippen LogP contribution is 2.66. The molecule has 2 fully saturated rings. The molecule has 0 aromatic carbocycles. The van der Waals surface area contributed by atoms with Gasteiger partial charge in [-0.25, -0.2) is 0 Å². The third-order valence-corrected chi connectivity index (χ3v) is 10.6. The molecule has 4 rings (SSSR count). The second-order valence-corrected chi connectivity index (χ2v) is 13.4. The fourth-order valence-electron chi connectivity index (χ4n) is 7.82. The van der Waals surface area contributed by atoms with Gasteiger partial charge in [0, 0.05) is 12.3 Å². The predicted octanol–water partition coefficient (Wildman–Crippen LogP) is 6.88. The molecule has 1 amide bonds. The van der Waals surface area contributed by atoms with Crippen molar-refractivity contribution in [1.82, 2.24) is 4.90 Å². The number of hydrogen-bond donors (Lipinski definition) is 0. The van der Waals surface area contributed by atoms with Gasteiger partial charge in [-0.05, 0) is 78.8 Å². The zero-order valence-corrected chi connectivity index (χ0v) is 22.5. The monoisotopic (exact) mass is 611 g/mol. The van der Waals surface area contributed by atoms with Crippen LogP contribution in [0.4, 0.5) is 39.5 Å². The van der Waals surface area contributed by atoms with Gasteiger partial charge < -0.3 is 9.08 Å². The molecule has 0 aromatic rings. The highest BCUT2D eigenvalue weighted by Gasteiger charge is 2.61. The van der Waals surface area contributed by atoms with Crippen LogP contribution in [0, 0.1) is 34.5 Å². The molecule has 40 heavy (non-hydrogen) atoms. The van der Waals surface area contributed by atoms with Gasteiger partial charge in [-0.2, -0.15) is 47.9 Å². The van der Waals surface area contributed by atoms with Gasteiger partial charge >= 0.3 is 28.0 Å². The van der Waals surface area contributed by atoms with Gasteiger partial charge in [-0.3, -0.25) is 4.79 Å². The molecule has 4 aliphatic rings. The predicted molar refractivity (Wildman–Crippen MR) is 123 cm³/mol. The second-order valence-electron chi connectivity index (χ2n) is 11.9. The fraction of sp³-hybridized carbons (Fsp3) is 0.800. The fourth-order valence-corrected chi connectivity index (χ4v) is 8.33. The van der Waals surface area contributed by atoms with Crippen LogP contribution in [0.2, 0.25) is 0 Å². The number of allylic oxidation sites excluding steroid dienone is 4. The number of rotatable bonds is 5. The summed E-state index contributed by atoms with van der Waals surface area (Å²) in [5, 5.41) is 0. The lowest BCUT2D eigenvalue weighted by molar-refractivity contribution is -0.192. The summed E-state index contributed by atoms with van der Waals surface area (Å²) < 4.78 is 144. The Balaban J connectivity index is 1.57. The summed E-state index contributed by atoms with van der Waals surface area (Å²) in [6.07, 6.45) is -4.67. The van der Waals surface area contributed by atoms with E-state index in [1.165, 1.54) is 6.08 Å². The van der Waals surface area contributed by atoms with Gasteiger partial charge in [0.1, 0.15) is 18.8 Å². The molecule has 0 radical (unpaired) electrons. The molecular formula is C25H30F9NO4S. The van der Waals surface area contributed by atoms with Crippen molar-refractivity contribution < 1.29 is 56.9 Å². The maximum atomic E-state index is 13.2. The zero-order chi connectivity index (χ0) is 30.1. The number of fused-ring (bicyclic) bond motifs is 5. The molecule has 228 valence electrons. The zero-order valence-electron chi connectivity index (χ0n) is 21.7. The molecule has 4 aliphatic carbocycles. The van der Waals surface area contributed by atoms with Crippen LogP contribution in [-0.4, -0.2) is 50.2 Å². The van der Waals surface area contributed by atoms with E-state index in [0.29, 0.717) is 37.7 Å². The average molecular weight is 612 g/mol. The van der Waals surface area contributed by atoms with Crippen molar-refractivity contribution in [3.63, 3.8) is 0 Å². The number of carbonyl (C=O) groups is 1. The summed E-state index contributed by atoms with van der Waals surface area (Å²) in [5.41, 5.74) is -6.28. The minimum absolute atomic E-state index is 0.0158. The first kappa shape index (κ1) is 31.0. The lowest BCUT2D eigenvalue weighted by Gasteiger charge is -2.57. The van der Waals surface area contributed by atoms with Gasteiger partial charge in [0.05, 0.1) is 0 Å². The van der Waals surface area contributed by atoms with Crippen molar-refractivity contribution in [1.29, 1.82) is 0 Å². The van der Waals surface area contributed by atoms with E-state index in [2.05, 4.69) is 4.18 Å². The normalized spacial score (nSPS) is 34.7. The van der Waals surface area contributed by atoms with E-state index in [1.54, 1.807) is 13.0 Å². The Labute approximate surface area is 225 Å². The first-order valence-corrected chi connectivity index (χ1v) is 14.3. The first-order chi connectivity index (χ1) is 18.1. The lowest BCUT2D eigenvalue weighted by atomic mass is 9.48. The van der Waals surface area contributed by atoms with Gasteiger partial charge in [0.15, 0.2) is 0 Å². The minimum atomic E-state index is -5.81. The van der Waals surface area contributed by atoms with E-state index in [-0.39, 0.29) is 41.3 Å². The third kappa shape index (κ3) is 5.72. The molecule has 0 saturated heterocycles. The molecule has 5 nitrogen and oxygen atoms in total. The Morgan fingerprint density at radius 3 is 2.10 bits per heavy atom. The number of amides is 1. The van der Waals surface area contributed by atoms with Crippen LogP contribution in [0.3, 0.4) is 0 Å².